The third-order valence-electron chi connectivity index (χ3n) is 4.12. The second-order valence-electron chi connectivity index (χ2n) is 5.54. The van der Waals surface area contributed by atoms with Crippen LogP contribution in [0.3, 0.4) is 0 Å². The summed E-state index contributed by atoms with van der Waals surface area (Å²) < 4.78 is 2.05. The van der Waals surface area contributed by atoms with Crippen molar-refractivity contribution < 1.29 is 0 Å². The Morgan fingerprint density at radius 2 is 2.20 bits per heavy atom. The molecule has 0 spiro atoms. The zero-order chi connectivity index (χ0) is 14.2. The summed E-state index contributed by atoms with van der Waals surface area (Å²) in [6.07, 6.45) is 7.80. The highest BCUT2D eigenvalue weighted by atomic mass is 15.3. The number of aromatic nitrogens is 2. The quantitative estimate of drug-likeness (QED) is 0.798. The highest BCUT2D eigenvalue weighted by Gasteiger charge is 2.12. The van der Waals surface area contributed by atoms with Gasteiger partial charge in [0.2, 0.25) is 0 Å². The van der Waals surface area contributed by atoms with E-state index in [4.69, 9.17) is 0 Å². The molecule has 1 aliphatic heterocycles. The van der Waals surface area contributed by atoms with Gasteiger partial charge >= 0.3 is 0 Å². The molecule has 1 fully saturated rings. The number of nitrogens with one attached hydrogen (secondary N) is 2. The van der Waals surface area contributed by atoms with Crippen LogP contribution < -0.4 is 10.6 Å². The van der Waals surface area contributed by atoms with E-state index in [0.29, 0.717) is 6.04 Å². The van der Waals surface area contributed by atoms with Crippen molar-refractivity contribution in [3.8, 4) is 0 Å². The Bertz CT molecular complexity index is 364. The second kappa shape index (κ2) is 8.27. The highest BCUT2D eigenvalue weighted by molar-refractivity contribution is 5.39. The highest BCUT2D eigenvalue weighted by Crippen LogP contribution is 2.13. The molecular weight excluding hydrogens is 250 g/mol. The van der Waals surface area contributed by atoms with Crippen LogP contribution >= 0.6 is 0 Å². The molecule has 2 N–H and O–H groups in total. The van der Waals surface area contributed by atoms with E-state index in [9.17, 15) is 0 Å². The van der Waals surface area contributed by atoms with Crippen molar-refractivity contribution in [2.45, 2.75) is 45.7 Å². The summed E-state index contributed by atoms with van der Waals surface area (Å²) in [6.45, 7) is 10.9. The summed E-state index contributed by atoms with van der Waals surface area (Å²) in [5.74, 6) is 0. The number of nitrogens with zero attached hydrogens (tertiary/aromatic N) is 3. The monoisotopic (exact) mass is 279 g/mol. The van der Waals surface area contributed by atoms with E-state index in [1.54, 1.807) is 0 Å². The van der Waals surface area contributed by atoms with Crippen molar-refractivity contribution in [2.75, 3.05) is 38.0 Å². The summed E-state index contributed by atoms with van der Waals surface area (Å²) in [6, 6.07) is 0.588. The van der Waals surface area contributed by atoms with Crippen LogP contribution in [0.5, 0.6) is 0 Å². The zero-order valence-corrected chi connectivity index (χ0v) is 12.9. The van der Waals surface area contributed by atoms with Crippen molar-refractivity contribution in [3.05, 3.63) is 12.4 Å². The maximum atomic E-state index is 4.46. The molecule has 20 heavy (non-hydrogen) atoms. The van der Waals surface area contributed by atoms with Crippen LogP contribution in [-0.4, -0.2) is 53.4 Å². The number of anilines is 1. The molecule has 2 heterocycles. The molecule has 1 unspecified atom stereocenters. The molecule has 1 saturated heterocycles. The van der Waals surface area contributed by atoms with E-state index in [1.807, 2.05) is 6.20 Å². The Labute approximate surface area is 122 Å². The summed E-state index contributed by atoms with van der Waals surface area (Å²) in [5, 5.41) is 11.5. The van der Waals surface area contributed by atoms with Gasteiger partial charge in [0.15, 0.2) is 0 Å². The lowest BCUT2D eigenvalue weighted by atomic mass is 10.1. The summed E-state index contributed by atoms with van der Waals surface area (Å²) in [4.78, 5) is 2.42. The van der Waals surface area contributed by atoms with E-state index in [1.165, 1.54) is 19.3 Å². The molecule has 1 aromatic rings. The minimum absolute atomic E-state index is 0.588. The Kier molecular flexibility index (Phi) is 6.33. The number of hydrogen-bond donors (Lipinski definition) is 2. The van der Waals surface area contributed by atoms with Gasteiger partial charge in [-0.05, 0) is 45.4 Å². The first-order valence-corrected chi connectivity index (χ1v) is 8.04. The van der Waals surface area contributed by atoms with Gasteiger partial charge in [-0.25, -0.2) is 0 Å². The van der Waals surface area contributed by atoms with Crippen LogP contribution in [0.4, 0.5) is 5.69 Å². The van der Waals surface area contributed by atoms with Crippen LogP contribution in [0.25, 0.3) is 0 Å². The fourth-order valence-corrected chi connectivity index (χ4v) is 2.74. The predicted octanol–water partition coefficient (Wildman–Crippen LogP) is 1.78. The Morgan fingerprint density at radius 1 is 1.35 bits per heavy atom. The SMILES string of the molecule is CCN(CC)CCn1cc(NC2CCCNCC2)cn1. The molecule has 5 nitrogen and oxygen atoms in total. The molecular formula is C15H29N5. The van der Waals surface area contributed by atoms with E-state index < -0.39 is 0 Å². The zero-order valence-electron chi connectivity index (χ0n) is 12.9. The topological polar surface area (TPSA) is 45.1 Å². The first-order chi connectivity index (χ1) is 9.81. The molecule has 0 bridgehead atoms. The molecule has 0 aliphatic carbocycles. The molecule has 2 rings (SSSR count). The van der Waals surface area contributed by atoms with Crippen molar-refractivity contribution in [2.24, 2.45) is 0 Å². The smallest absolute Gasteiger partial charge is 0.0728 e. The average Bonchev–Trinajstić information content (AvgIpc) is 2.75. The van der Waals surface area contributed by atoms with E-state index in [0.717, 1.165) is 45.0 Å². The molecule has 1 aliphatic rings. The minimum atomic E-state index is 0.588. The fraction of sp³-hybridized carbons (Fsp3) is 0.800. The van der Waals surface area contributed by atoms with Crippen molar-refractivity contribution >= 4 is 5.69 Å². The maximum absolute atomic E-state index is 4.46. The second-order valence-corrected chi connectivity index (χ2v) is 5.54. The minimum Gasteiger partial charge on any atom is -0.380 e. The van der Waals surface area contributed by atoms with E-state index in [-0.39, 0.29) is 0 Å². The van der Waals surface area contributed by atoms with Crippen LogP contribution in [0.2, 0.25) is 0 Å². The largest absolute Gasteiger partial charge is 0.380 e. The lowest BCUT2D eigenvalue weighted by Crippen LogP contribution is -2.27. The Morgan fingerprint density at radius 3 is 3.00 bits per heavy atom. The molecule has 1 atom stereocenters. The van der Waals surface area contributed by atoms with Gasteiger partial charge in [0.25, 0.3) is 0 Å². The Balaban J connectivity index is 1.79. The molecule has 0 amide bonds. The standard InChI is InChI=1S/C15H29N5/c1-3-19(4-2)10-11-20-13-15(12-17-20)18-14-6-5-8-16-9-7-14/h12-14,16,18H,3-11H2,1-2H3. The van der Waals surface area contributed by atoms with Crippen molar-refractivity contribution in [1.29, 1.82) is 0 Å². The summed E-state index contributed by atoms with van der Waals surface area (Å²) >= 11 is 0. The van der Waals surface area contributed by atoms with Gasteiger partial charge < -0.3 is 15.5 Å². The molecule has 0 aromatic carbocycles. The molecule has 1 aromatic heterocycles. The molecule has 5 heteroatoms. The van der Waals surface area contributed by atoms with Gasteiger partial charge in [-0.3, -0.25) is 4.68 Å². The van der Waals surface area contributed by atoms with Gasteiger partial charge in [0, 0.05) is 18.8 Å². The molecule has 0 saturated carbocycles. The number of rotatable bonds is 7. The third-order valence-corrected chi connectivity index (χ3v) is 4.12. The fourth-order valence-electron chi connectivity index (χ4n) is 2.74. The lowest BCUT2D eigenvalue weighted by Gasteiger charge is -2.17. The average molecular weight is 279 g/mol. The van der Waals surface area contributed by atoms with E-state index in [2.05, 4.69) is 45.4 Å². The summed E-state index contributed by atoms with van der Waals surface area (Å²) in [5.41, 5.74) is 1.16. The normalized spacial score (nSPS) is 20.1. The van der Waals surface area contributed by atoms with Crippen molar-refractivity contribution in [1.82, 2.24) is 20.0 Å². The predicted molar refractivity (Wildman–Crippen MR) is 84.1 cm³/mol. The van der Waals surface area contributed by atoms with Crippen LogP contribution in [-0.2, 0) is 6.54 Å². The van der Waals surface area contributed by atoms with E-state index >= 15 is 0 Å². The van der Waals surface area contributed by atoms with Crippen LogP contribution in [0.1, 0.15) is 33.1 Å². The lowest BCUT2D eigenvalue weighted by molar-refractivity contribution is 0.285. The van der Waals surface area contributed by atoms with Gasteiger partial charge in [0.1, 0.15) is 0 Å². The van der Waals surface area contributed by atoms with Gasteiger partial charge in [-0.15, -0.1) is 0 Å². The van der Waals surface area contributed by atoms with Crippen LogP contribution in [0.15, 0.2) is 12.4 Å². The first kappa shape index (κ1) is 15.3. The number of likely N-dealkylation sites (N-methyl/N-ethyl adjacent to an activating group) is 1. The first-order valence-electron chi connectivity index (χ1n) is 8.04. The van der Waals surface area contributed by atoms with Crippen molar-refractivity contribution in [3.63, 3.8) is 0 Å². The number of hydrogen-bond acceptors (Lipinski definition) is 4. The van der Waals surface area contributed by atoms with Crippen LogP contribution in [0, 0.1) is 0 Å². The summed E-state index contributed by atoms with van der Waals surface area (Å²) in [7, 11) is 0. The maximum Gasteiger partial charge on any atom is 0.0728 e. The van der Waals surface area contributed by atoms with Gasteiger partial charge in [-0.1, -0.05) is 13.8 Å². The van der Waals surface area contributed by atoms with Gasteiger partial charge in [-0.2, -0.15) is 5.10 Å². The molecule has 0 radical (unpaired) electrons. The third kappa shape index (κ3) is 4.80. The van der Waals surface area contributed by atoms with Gasteiger partial charge in [0.05, 0.1) is 18.4 Å². The molecule has 114 valence electrons. The Hall–Kier alpha value is -1.07.